The zero-order chi connectivity index (χ0) is 24.0. The van der Waals surface area contributed by atoms with Gasteiger partial charge < -0.3 is 20.5 Å². The number of hydrogen-bond acceptors (Lipinski definition) is 10. The van der Waals surface area contributed by atoms with Gasteiger partial charge in [0.25, 0.3) is 16.0 Å². The smallest absolute Gasteiger partial charge is 0.285 e. The number of nitrogens with zero attached hydrogens (tertiary/aromatic N) is 3. The van der Waals surface area contributed by atoms with Crippen molar-refractivity contribution < 1.29 is 27.0 Å². The molecule has 12 heteroatoms. The van der Waals surface area contributed by atoms with E-state index >= 15 is 0 Å². The number of primary amides is 1. The van der Waals surface area contributed by atoms with Crippen LogP contribution in [0.1, 0.15) is 28.8 Å². The van der Waals surface area contributed by atoms with Crippen LogP contribution in [0.2, 0.25) is 0 Å². The molecule has 1 unspecified atom stereocenters. The average Bonchev–Trinajstić information content (AvgIpc) is 3.18. The Morgan fingerprint density at radius 2 is 2.21 bits per heavy atom. The highest BCUT2D eigenvalue weighted by atomic mass is 32.2. The number of amides is 1. The SMILES string of the molecule is CN1CCC1COc1cc(-c2cnc3c(c2)CCCO3)c2c(c1C(N)=O)NCN2OS(C)(=O)=O. The van der Waals surface area contributed by atoms with E-state index in [0.29, 0.717) is 47.3 Å². The number of aromatic nitrogens is 1. The molecule has 34 heavy (non-hydrogen) atoms. The van der Waals surface area contributed by atoms with Crippen molar-refractivity contribution >= 4 is 27.4 Å². The number of nitrogens with two attached hydrogens (primary N) is 1. The first-order valence-corrected chi connectivity index (χ1v) is 12.9. The van der Waals surface area contributed by atoms with E-state index in [2.05, 4.69) is 15.2 Å². The van der Waals surface area contributed by atoms with Crippen LogP contribution in [-0.2, 0) is 20.8 Å². The van der Waals surface area contributed by atoms with Gasteiger partial charge in [0, 0.05) is 28.9 Å². The highest BCUT2D eigenvalue weighted by molar-refractivity contribution is 7.86. The van der Waals surface area contributed by atoms with Gasteiger partial charge in [-0.05, 0) is 45.0 Å². The third kappa shape index (κ3) is 4.24. The first-order valence-electron chi connectivity index (χ1n) is 11.1. The Morgan fingerprint density at radius 1 is 1.38 bits per heavy atom. The molecule has 0 saturated carbocycles. The van der Waals surface area contributed by atoms with E-state index in [4.69, 9.17) is 19.5 Å². The van der Waals surface area contributed by atoms with Crippen molar-refractivity contribution in [2.24, 2.45) is 5.73 Å². The number of pyridine rings is 1. The number of nitrogens with one attached hydrogen (secondary N) is 1. The van der Waals surface area contributed by atoms with E-state index in [9.17, 15) is 13.2 Å². The standard InChI is InChI=1S/C22H27N5O6S/c1-26-6-5-15(26)11-32-17-9-16(14-8-13-4-3-7-31-22(13)24-10-14)20-19(18(17)21(23)28)25-12-27(20)33-34(2,29)30/h8-10,15,25H,3-7,11-12H2,1-2H3,(H2,23,28). The molecule has 182 valence electrons. The third-order valence-corrected chi connectivity index (χ3v) is 6.77. The van der Waals surface area contributed by atoms with Gasteiger partial charge in [0.2, 0.25) is 5.88 Å². The monoisotopic (exact) mass is 489 g/mol. The molecule has 0 spiro atoms. The first kappa shape index (κ1) is 22.7. The predicted octanol–water partition coefficient (Wildman–Crippen LogP) is 1.34. The zero-order valence-corrected chi connectivity index (χ0v) is 19.9. The van der Waals surface area contributed by atoms with Crippen LogP contribution >= 0.6 is 0 Å². The summed E-state index contributed by atoms with van der Waals surface area (Å²) in [4.78, 5) is 19.1. The van der Waals surface area contributed by atoms with Crippen molar-refractivity contribution in [2.45, 2.75) is 25.3 Å². The number of hydroxylamine groups is 1. The van der Waals surface area contributed by atoms with Crippen LogP contribution in [0.4, 0.5) is 11.4 Å². The Bertz CT molecular complexity index is 1250. The lowest BCUT2D eigenvalue weighted by Gasteiger charge is -2.37. The molecule has 4 heterocycles. The van der Waals surface area contributed by atoms with E-state index in [1.165, 1.54) is 5.06 Å². The Hall–Kier alpha value is -3.09. The number of benzene rings is 1. The second-order valence-corrected chi connectivity index (χ2v) is 10.3. The highest BCUT2D eigenvalue weighted by Crippen LogP contribution is 2.48. The van der Waals surface area contributed by atoms with Crippen molar-refractivity contribution in [3.8, 4) is 22.8 Å². The molecule has 0 bridgehead atoms. The minimum atomic E-state index is -3.83. The van der Waals surface area contributed by atoms with E-state index < -0.39 is 16.0 Å². The second kappa shape index (κ2) is 8.60. The summed E-state index contributed by atoms with van der Waals surface area (Å²) < 4.78 is 40.8. The largest absolute Gasteiger partial charge is 0.491 e. The molecule has 11 nitrogen and oxygen atoms in total. The normalized spacial score (nSPS) is 19.5. The number of carbonyl (C=O) groups is 1. The maximum Gasteiger partial charge on any atom is 0.285 e. The van der Waals surface area contributed by atoms with Gasteiger partial charge in [0.1, 0.15) is 24.6 Å². The predicted molar refractivity (Wildman–Crippen MR) is 125 cm³/mol. The summed E-state index contributed by atoms with van der Waals surface area (Å²) in [6.45, 7) is 2.02. The van der Waals surface area contributed by atoms with Crippen LogP contribution in [0.3, 0.4) is 0 Å². The lowest BCUT2D eigenvalue weighted by Crippen LogP contribution is -2.48. The second-order valence-electron chi connectivity index (χ2n) is 8.75. The molecule has 1 aromatic heterocycles. The van der Waals surface area contributed by atoms with Gasteiger partial charge in [-0.15, -0.1) is 4.28 Å². The number of anilines is 2. The van der Waals surface area contributed by atoms with Crippen LogP contribution in [0.25, 0.3) is 11.1 Å². The minimum Gasteiger partial charge on any atom is -0.491 e. The topological polar surface area (TPSA) is 136 Å². The number of likely N-dealkylation sites (N-methyl/N-ethyl adjacent to an activating group) is 1. The van der Waals surface area contributed by atoms with Crippen molar-refractivity contribution in [1.29, 1.82) is 0 Å². The van der Waals surface area contributed by atoms with Gasteiger partial charge in [-0.1, -0.05) is 0 Å². The minimum absolute atomic E-state index is 0.00593. The fraction of sp³-hybridized carbons (Fsp3) is 0.455. The molecule has 1 amide bonds. The molecule has 3 aliphatic heterocycles. The van der Waals surface area contributed by atoms with Crippen molar-refractivity contribution in [2.75, 3.05) is 50.1 Å². The molecule has 5 rings (SSSR count). The first-order chi connectivity index (χ1) is 16.2. The van der Waals surface area contributed by atoms with E-state index in [1.54, 1.807) is 12.3 Å². The van der Waals surface area contributed by atoms with Crippen molar-refractivity contribution in [3.63, 3.8) is 0 Å². The number of ether oxygens (including phenoxy) is 2. The molecule has 1 atom stereocenters. The summed E-state index contributed by atoms with van der Waals surface area (Å²) in [6.07, 6.45) is 5.32. The molecule has 1 fully saturated rings. The van der Waals surface area contributed by atoms with Crippen LogP contribution < -0.4 is 25.6 Å². The number of carbonyl (C=O) groups excluding carboxylic acids is 1. The molecule has 2 aromatic rings. The summed E-state index contributed by atoms with van der Waals surface area (Å²) in [5.74, 6) is 0.224. The summed E-state index contributed by atoms with van der Waals surface area (Å²) in [5.41, 5.74) is 8.91. The molecular formula is C22H27N5O6S. The fourth-order valence-electron chi connectivity index (χ4n) is 4.47. The molecule has 0 aliphatic carbocycles. The molecule has 3 aliphatic rings. The maximum atomic E-state index is 12.5. The summed E-state index contributed by atoms with van der Waals surface area (Å²) >= 11 is 0. The number of likely N-dealkylation sites (tertiary alicyclic amines) is 1. The maximum absolute atomic E-state index is 12.5. The summed E-state index contributed by atoms with van der Waals surface area (Å²) in [6, 6.07) is 3.91. The van der Waals surface area contributed by atoms with Gasteiger partial charge in [-0.3, -0.25) is 9.69 Å². The Morgan fingerprint density at radius 3 is 2.88 bits per heavy atom. The summed E-state index contributed by atoms with van der Waals surface area (Å²) in [5, 5.41) is 4.26. The fourth-order valence-corrected chi connectivity index (χ4v) is 4.92. The lowest BCUT2D eigenvalue weighted by molar-refractivity contribution is 0.0759. The Balaban J connectivity index is 1.64. The van der Waals surface area contributed by atoms with E-state index in [0.717, 1.165) is 37.6 Å². The van der Waals surface area contributed by atoms with Gasteiger partial charge in [-0.2, -0.15) is 8.42 Å². The van der Waals surface area contributed by atoms with Crippen LogP contribution in [0, 0.1) is 0 Å². The lowest BCUT2D eigenvalue weighted by atomic mass is 9.97. The molecule has 3 N–H and O–H groups in total. The average molecular weight is 490 g/mol. The third-order valence-electron chi connectivity index (χ3n) is 6.32. The van der Waals surface area contributed by atoms with Gasteiger partial charge in [0.05, 0.1) is 24.2 Å². The van der Waals surface area contributed by atoms with Gasteiger partial charge in [0.15, 0.2) is 0 Å². The van der Waals surface area contributed by atoms with Gasteiger partial charge >= 0.3 is 0 Å². The Labute approximate surface area is 197 Å². The van der Waals surface area contributed by atoms with Gasteiger partial charge in [-0.25, -0.2) is 10.0 Å². The molecule has 1 aromatic carbocycles. The van der Waals surface area contributed by atoms with Crippen LogP contribution in [-0.4, -0.2) is 70.0 Å². The van der Waals surface area contributed by atoms with Crippen molar-refractivity contribution in [3.05, 3.63) is 29.5 Å². The Kier molecular flexibility index (Phi) is 5.74. The zero-order valence-electron chi connectivity index (χ0n) is 19.0. The number of aryl methyl sites for hydroxylation is 1. The molecule has 0 radical (unpaired) electrons. The van der Waals surface area contributed by atoms with Crippen LogP contribution in [0.5, 0.6) is 11.6 Å². The number of fused-ring (bicyclic) bond motifs is 2. The quantitative estimate of drug-likeness (QED) is 0.586. The van der Waals surface area contributed by atoms with E-state index in [-0.39, 0.29) is 18.3 Å². The highest BCUT2D eigenvalue weighted by Gasteiger charge is 2.34. The van der Waals surface area contributed by atoms with Crippen LogP contribution in [0.15, 0.2) is 18.3 Å². The number of rotatable bonds is 7. The number of hydrogen-bond donors (Lipinski definition) is 2. The molecular weight excluding hydrogens is 462 g/mol. The van der Waals surface area contributed by atoms with Crippen molar-refractivity contribution in [1.82, 2.24) is 9.88 Å². The van der Waals surface area contributed by atoms with E-state index in [1.807, 2.05) is 13.1 Å². The molecule has 1 saturated heterocycles. The summed E-state index contributed by atoms with van der Waals surface area (Å²) in [7, 11) is -1.82.